The molecule has 1 fully saturated rings. The maximum Gasteiger partial charge on any atom is 0.523 e. The molecule has 1 aliphatic heterocycles. The third-order valence-corrected chi connectivity index (χ3v) is 9.79. The summed E-state index contributed by atoms with van der Waals surface area (Å²) in [4.78, 5) is 0.535. The molecule has 4 nitrogen and oxygen atoms in total. The lowest BCUT2D eigenvalue weighted by atomic mass is 10.1. The molecule has 0 N–H and O–H groups in total. The van der Waals surface area contributed by atoms with E-state index in [1.54, 1.807) is 30.3 Å². The standard InChI is InChI=1S/C18H21F3O4S2/c1-2-11-24-16-9-5-8-15-14(16)7-6-10-17(15)26(12-3-4-13-26)25-27(22,23)18(19,20)21/h5-10H,2-4,11-13H2,1H3. The summed E-state index contributed by atoms with van der Waals surface area (Å²) in [5.41, 5.74) is -5.43. The van der Waals surface area contributed by atoms with Crippen molar-refractivity contribution in [2.45, 2.75) is 36.6 Å². The molecule has 1 heterocycles. The Morgan fingerprint density at radius 2 is 1.67 bits per heavy atom. The Labute approximate surface area is 158 Å². The molecule has 0 spiro atoms. The molecule has 9 heteroatoms. The number of alkyl halides is 3. The van der Waals surface area contributed by atoms with Gasteiger partial charge in [-0.2, -0.15) is 21.6 Å². The topological polar surface area (TPSA) is 52.6 Å². The smallest absolute Gasteiger partial charge is 0.493 e. The predicted molar refractivity (Wildman–Crippen MR) is 101 cm³/mol. The summed E-state index contributed by atoms with van der Waals surface area (Å²) in [5, 5.41) is 1.43. The first-order valence-corrected chi connectivity index (χ1v) is 12.0. The summed E-state index contributed by atoms with van der Waals surface area (Å²) in [7, 11) is -8.28. The highest BCUT2D eigenvalue weighted by Crippen LogP contribution is 2.65. The molecule has 0 atom stereocenters. The van der Waals surface area contributed by atoms with Gasteiger partial charge in [0, 0.05) is 21.8 Å². The highest BCUT2D eigenvalue weighted by atomic mass is 32.3. The van der Waals surface area contributed by atoms with Crippen LogP contribution in [-0.2, 0) is 13.7 Å². The molecule has 0 amide bonds. The van der Waals surface area contributed by atoms with E-state index in [9.17, 15) is 21.6 Å². The van der Waals surface area contributed by atoms with Crippen molar-refractivity contribution in [2.24, 2.45) is 0 Å². The number of benzene rings is 2. The predicted octanol–water partition coefficient (Wildman–Crippen LogP) is 5.37. The lowest BCUT2D eigenvalue weighted by Crippen LogP contribution is -2.27. The van der Waals surface area contributed by atoms with Crippen molar-refractivity contribution in [2.75, 3.05) is 18.1 Å². The zero-order valence-corrected chi connectivity index (χ0v) is 16.4. The van der Waals surface area contributed by atoms with Crippen LogP contribution in [0.25, 0.3) is 10.8 Å². The van der Waals surface area contributed by atoms with Crippen LogP contribution in [-0.4, -0.2) is 32.0 Å². The van der Waals surface area contributed by atoms with E-state index in [1.165, 1.54) is 0 Å². The minimum Gasteiger partial charge on any atom is -0.493 e. The van der Waals surface area contributed by atoms with Crippen molar-refractivity contribution in [1.82, 2.24) is 0 Å². The van der Waals surface area contributed by atoms with E-state index in [0.717, 1.165) is 11.8 Å². The lowest BCUT2D eigenvalue weighted by Gasteiger charge is -2.35. The maximum absolute atomic E-state index is 13.0. The van der Waals surface area contributed by atoms with Crippen molar-refractivity contribution in [3.63, 3.8) is 0 Å². The van der Waals surface area contributed by atoms with Gasteiger partial charge in [-0.3, -0.25) is 0 Å². The summed E-state index contributed by atoms with van der Waals surface area (Å²) < 4.78 is 73.2. The summed E-state index contributed by atoms with van der Waals surface area (Å²) in [5.74, 6) is 1.21. The van der Waals surface area contributed by atoms with Crippen LogP contribution in [0.15, 0.2) is 41.3 Å². The SMILES string of the molecule is CCCOc1cccc2c(S3(OS(=O)(=O)C(F)(F)F)CCCC3)cccc12. The van der Waals surface area contributed by atoms with Crippen LogP contribution < -0.4 is 4.74 Å². The largest absolute Gasteiger partial charge is 0.523 e. The molecule has 0 saturated carbocycles. The summed E-state index contributed by atoms with van der Waals surface area (Å²) in [6.45, 7) is 2.49. The first-order valence-electron chi connectivity index (χ1n) is 8.66. The fraction of sp³-hybridized carbons (Fsp3) is 0.444. The van der Waals surface area contributed by atoms with Gasteiger partial charge in [0.05, 0.1) is 6.61 Å². The Balaban J connectivity index is 2.13. The molecule has 0 radical (unpaired) electrons. The van der Waals surface area contributed by atoms with Crippen molar-refractivity contribution < 1.29 is 30.0 Å². The van der Waals surface area contributed by atoms with Gasteiger partial charge in [0.1, 0.15) is 5.75 Å². The second-order valence-electron chi connectivity index (χ2n) is 6.35. The highest BCUT2D eigenvalue weighted by Gasteiger charge is 2.52. The van der Waals surface area contributed by atoms with E-state index in [1.807, 2.05) is 13.0 Å². The van der Waals surface area contributed by atoms with Gasteiger partial charge in [0.15, 0.2) is 0 Å². The fourth-order valence-corrected chi connectivity index (χ4v) is 8.63. The molecule has 0 unspecified atom stereocenters. The number of hydrogen-bond donors (Lipinski definition) is 0. The van der Waals surface area contributed by atoms with E-state index < -0.39 is 25.9 Å². The van der Waals surface area contributed by atoms with Crippen molar-refractivity contribution in [1.29, 1.82) is 0 Å². The highest BCUT2D eigenvalue weighted by molar-refractivity contribution is 8.33. The zero-order chi connectivity index (χ0) is 19.7. The second kappa shape index (κ2) is 7.52. The van der Waals surface area contributed by atoms with Crippen molar-refractivity contribution in [3.05, 3.63) is 36.4 Å². The van der Waals surface area contributed by atoms with Gasteiger partial charge in [-0.25, -0.2) is 3.63 Å². The van der Waals surface area contributed by atoms with Crippen LogP contribution in [0.2, 0.25) is 0 Å². The molecule has 2 aromatic rings. The van der Waals surface area contributed by atoms with E-state index in [-0.39, 0.29) is 0 Å². The molecule has 0 bridgehead atoms. The molecule has 1 saturated heterocycles. The minimum absolute atomic E-state index is 0.293. The average Bonchev–Trinajstić information content (AvgIpc) is 3.07. The quantitative estimate of drug-likeness (QED) is 0.588. The van der Waals surface area contributed by atoms with Crippen LogP contribution in [0.4, 0.5) is 13.2 Å². The van der Waals surface area contributed by atoms with Crippen molar-refractivity contribution in [3.8, 4) is 5.75 Å². The van der Waals surface area contributed by atoms with Gasteiger partial charge in [0.25, 0.3) is 0 Å². The minimum atomic E-state index is -5.67. The number of ether oxygens (including phenoxy) is 1. The summed E-state index contributed by atoms with van der Waals surface area (Å²) in [6, 6.07) is 10.6. The van der Waals surface area contributed by atoms with Crippen LogP contribution in [0.3, 0.4) is 0 Å². The Morgan fingerprint density at radius 3 is 2.30 bits per heavy atom. The van der Waals surface area contributed by atoms with Gasteiger partial charge in [0.2, 0.25) is 0 Å². The van der Waals surface area contributed by atoms with E-state index in [0.29, 0.717) is 47.0 Å². The van der Waals surface area contributed by atoms with Gasteiger partial charge in [-0.1, -0.05) is 41.5 Å². The molecule has 27 heavy (non-hydrogen) atoms. The normalized spacial score (nSPS) is 18.5. The van der Waals surface area contributed by atoms with Crippen LogP contribution in [0.5, 0.6) is 5.75 Å². The van der Waals surface area contributed by atoms with Crippen LogP contribution in [0, 0.1) is 0 Å². The van der Waals surface area contributed by atoms with Gasteiger partial charge < -0.3 is 4.74 Å². The lowest BCUT2D eigenvalue weighted by molar-refractivity contribution is -0.0496. The molecule has 0 aliphatic carbocycles. The number of halogens is 3. The zero-order valence-electron chi connectivity index (χ0n) is 14.8. The maximum atomic E-state index is 13.0. The average molecular weight is 422 g/mol. The van der Waals surface area contributed by atoms with Gasteiger partial charge in [-0.15, -0.1) is 0 Å². The molecule has 3 rings (SSSR count). The fourth-order valence-electron chi connectivity index (χ4n) is 3.22. The molecule has 2 aromatic carbocycles. The molecular formula is C18H21F3O4S2. The Morgan fingerprint density at radius 1 is 1.04 bits per heavy atom. The van der Waals surface area contributed by atoms with Gasteiger partial charge >= 0.3 is 15.6 Å². The first kappa shape index (κ1) is 20.3. The third-order valence-electron chi connectivity index (χ3n) is 4.41. The van der Waals surface area contributed by atoms with Gasteiger partial charge in [-0.05, 0) is 36.8 Å². The third kappa shape index (κ3) is 3.90. The second-order valence-corrected chi connectivity index (χ2v) is 11.1. The van der Waals surface area contributed by atoms with Crippen LogP contribution >= 0.6 is 10.3 Å². The molecule has 0 aromatic heterocycles. The number of rotatable bonds is 6. The van der Waals surface area contributed by atoms with E-state index >= 15 is 0 Å². The molecule has 1 aliphatic rings. The molecular weight excluding hydrogens is 401 g/mol. The number of hydrogen-bond acceptors (Lipinski definition) is 4. The van der Waals surface area contributed by atoms with E-state index in [2.05, 4.69) is 0 Å². The summed E-state index contributed by atoms with van der Waals surface area (Å²) >= 11 is 0. The van der Waals surface area contributed by atoms with Crippen LogP contribution in [0.1, 0.15) is 26.2 Å². The Bertz CT molecular complexity index is 920. The summed E-state index contributed by atoms with van der Waals surface area (Å²) in [6.07, 6.45) is 2.08. The molecule has 150 valence electrons. The first-order chi connectivity index (χ1) is 12.7. The Hall–Kier alpha value is -1.45. The monoisotopic (exact) mass is 422 g/mol. The van der Waals surface area contributed by atoms with E-state index in [4.69, 9.17) is 8.37 Å². The van der Waals surface area contributed by atoms with Crippen molar-refractivity contribution >= 4 is 31.2 Å². The Kier molecular flexibility index (Phi) is 5.65. The number of fused-ring (bicyclic) bond motifs is 1.